The van der Waals surface area contributed by atoms with Crippen molar-refractivity contribution in [1.29, 1.82) is 0 Å². The van der Waals surface area contributed by atoms with Crippen LogP contribution in [-0.2, 0) is 4.79 Å². The molecule has 2 rings (SSSR count). The molecule has 1 aromatic heterocycles. The largest absolute Gasteiger partial charge is 0.342 e. The lowest BCUT2D eigenvalue weighted by Crippen LogP contribution is -2.58. The smallest absolute Gasteiger partial charge is 0.324 e. The highest BCUT2D eigenvalue weighted by Gasteiger charge is 2.35. The van der Waals surface area contributed by atoms with E-state index in [0.29, 0.717) is 30.5 Å². The van der Waals surface area contributed by atoms with Gasteiger partial charge in [0.15, 0.2) is 0 Å². The number of unbranched alkanes of at least 4 members (excludes halogenated alkanes) is 1. The molecule has 1 aromatic rings. The number of hydrogen-bond acceptors (Lipinski definition) is 5. The number of amides is 3. The number of rotatable bonds is 4. The molecule has 3 amide bonds. The molecule has 1 aliphatic heterocycles. The van der Waals surface area contributed by atoms with Gasteiger partial charge in [0, 0.05) is 31.7 Å². The number of carbonyl (C=O) groups is 2. The molecule has 0 bridgehead atoms. The van der Waals surface area contributed by atoms with Crippen LogP contribution in [0.5, 0.6) is 0 Å². The number of aromatic nitrogens is 2. The second-order valence-corrected chi connectivity index (χ2v) is 5.94. The van der Waals surface area contributed by atoms with Crippen LogP contribution in [0.4, 0.5) is 9.93 Å². The van der Waals surface area contributed by atoms with Crippen molar-refractivity contribution in [1.82, 2.24) is 19.2 Å². The highest BCUT2D eigenvalue weighted by Crippen LogP contribution is 2.18. The summed E-state index contributed by atoms with van der Waals surface area (Å²) in [5.41, 5.74) is 0. The summed E-state index contributed by atoms with van der Waals surface area (Å²) in [4.78, 5) is 32.1. The van der Waals surface area contributed by atoms with Crippen LogP contribution in [0.25, 0.3) is 0 Å². The zero-order chi connectivity index (χ0) is 15.4. The predicted octanol–water partition coefficient (Wildman–Crippen LogP) is 1.71. The molecule has 0 aliphatic carbocycles. The van der Waals surface area contributed by atoms with E-state index in [2.05, 4.69) is 21.6 Å². The topological polar surface area (TPSA) is 78.4 Å². The van der Waals surface area contributed by atoms with Crippen LogP contribution in [-0.4, -0.2) is 57.3 Å². The van der Waals surface area contributed by atoms with Gasteiger partial charge in [0.05, 0.1) is 0 Å². The molecule has 116 valence electrons. The molecule has 0 saturated carbocycles. The minimum atomic E-state index is -0.377. The number of aryl methyl sites for hydroxylation is 1. The van der Waals surface area contributed by atoms with Gasteiger partial charge in [-0.1, -0.05) is 19.8 Å². The molecule has 1 N–H and O–H groups in total. The average molecular weight is 311 g/mol. The van der Waals surface area contributed by atoms with Crippen molar-refractivity contribution in [3.8, 4) is 0 Å². The first-order chi connectivity index (χ1) is 10.0. The zero-order valence-corrected chi connectivity index (χ0v) is 13.4. The third-order valence-electron chi connectivity index (χ3n) is 3.55. The van der Waals surface area contributed by atoms with Gasteiger partial charge in [0.25, 0.3) is 0 Å². The van der Waals surface area contributed by atoms with E-state index in [-0.39, 0.29) is 18.0 Å². The molecule has 21 heavy (non-hydrogen) atoms. The maximum absolute atomic E-state index is 12.4. The van der Waals surface area contributed by atoms with Crippen molar-refractivity contribution < 1.29 is 9.59 Å². The lowest BCUT2D eigenvalue weighted by Gasteiger charge is -2.38. The number of likely N-dealkylation sites (N-methyl/N-ethyl adjacent to an activating group) is 1. The fourth-order valence-corrected chi connectivity index (χ4v) is 2.91. The van der Waals surface area contributed by atoms with Crippen LogP contribution in [0.15, 0.2) is 0 Å². The van der Waals surface area contributed by atoms with E-state index in [0.717, 1.165) is 24.4 Å². The Morgan fingerprint density at radius 1 is 1.48 bits per heavy atom. The van der Waals surface area contributed by atoms with Crippen molar-refractivity contribution >= 4 is 28.6 Å². The number of urea groups is 1. The SMILES string of the molecule is CCCCC1C(=O)N(C)CCN1C(=O)Nc1nc(C)ns1. The van der Waals surface area contributed by atoms with Crippen LogP contribution in [0.1, 0.15) is 32.0 Å². The third-order valence-corrected chi connectivity index (χ3v) is 4.27. The molecular formula is C13H21N5O2S. The summed E-state index contributed by atoms with van der Waals surface area (Å²) in [5, 5.41) is 3.21. The summed E-state index contributed by atoms with van der Waals surface area (Å²) in [7, 11) is 1.78. The Labute approximate surface area is 128 Å². The van der Waals surface area contributed by atoms with Gasteiger partial charge in [0.1, 0.15) is 11.9 Å². The number of nitrogens with zero attached hydrogens (tertiary/aromatic N) is 4. The van der Waals surface area contributed by atoms with E-state index in [9.17, 15) is 9.59 Å². The summed E-state index contributed by atoms with van der Waals surface area (Å²) in [6.45, 7) is 4.95. The summed E-state index contributed by atoms with van der Waals surface area (Å²) in [5.74, 6) is 0.644. The lowest BCUT2D eigenvalue weighted by atomic mass is 10.0. The second kappa shape index (κ2) is 6.84. The number of hydrogen-bond donors (Lipinski definition) is 1. The highest BCUT2D eigenvalue weighted by atomic mass is 32.1. The molecule has 1 unspecified atom stereocenters. The van der Waals surface area contributed by atoms with Crippen LogP contribution in [0, 0.1) is 6.92 Å². The summed E-state index contributed by atoms with van der Waals surface area (Å²) < 4.78 is 4.03. The minimum Gasteiger partial charge on any atom is -0.342 e. The number of piperazine rings is 1. The third kappa shape index (κ3) is 3.69. The maximum atomic E-state index is 12.4. The van der Waals surface area contributed by atoms with Crippen LogP contribution in [0.2, 0.25) is 0 Å². The molecule has 7 nitrogen and oxygen atoms in total. The van der Waals surface area contributed by atoms with Gasteiger partial charge in [-0.15, -0.1) is 0 Å². The van der Waals surface area contributed by atoms with Crippen molar-refractivity contribution in [2.45, 2.75) is 39.2 Å². The fourth-order valence-electron chi connectivity index (χ4n) is 2.34. The Morgan fingerprint density at radius 3 is 2.86 bits per heavy atom. The van der Waals surface area contributed by atoms with E-state index >= 15 is 0 Å². The second-order valence-electron chi connectivity index (χ2n) is 5.19. The van der Waals surface area contributed by atoms with E-state index < -0.39 is 0 Å². The zero-order valence-electron chi connectivity index (χ0n) is 12.6. The first-order valence-corrected chi connectivity index (χ1v) is 7.93. The quantitative estimate of drug-likeness (QED) is 0.918. The van der Waals surface area contributed by atoms with E-state index in [1.54, 1.807) is 23.8 Å². The molecule has 0 radical (unpaired) electrons. The first kappa shape index (κ1) is 15.7. The Bertz CT molecular complexity index is 518. The first-order valence-electron chi connectivity index (χ1n) is 7.15. The molecule has 1 aliphatic rings. The Morgan fingerprint density at radius 2 is 2.24 bits per heavy atom. The minimum absolute atomic E-state index is 0.0123. The van der Waals surface area contributed by atoms with Crippen LogP contribution >= 0.6 is 11.5 Å². The predicted molar refractivity (Wildman–Crippen MR) is 81.3 cm³/mol. The molecular weight excluding hydrogens is 290 g/mol. The van der Waals surface area contributed by atoms with Gasteiger partial charge < -0.3 is 9.80 Å². The van der Waals surface area contributed by atoms with Gasteiger partial charge in [0.2, 0.25) is 11.0 Å². The normalized spacial score (nSPS) is 19.0. The highest BCUT2D eigenvalue weighted by molar-refractivity contribution is 7.09. The molecule has 1 atom stereocenters. The number of carbonyl (C=O) groups excluding carboxylic acids is 2. The van der Waals surface area contributed by atoms with Crippen LogP contribution < -0.4 is 5.32 Å². The Hall–Kier alpha value is -1.70. The van der Waals surface area contributed by atoms with Gasteiger partial charge >= 0.3 is 6.03 Å². The Kier molecular flexibility index (Phi) is 5.11. The molecule has 1 fully saturated rings. The molecule has 0 aromatic carbocycles. The van der Waals surface area contributed by atoms with E-state index in [1.807, 2.05) is 0 Å². The van der Waals surface area contributed by atoms with Crippen LogP contribution in [0.3, 0.4) is 0 Å². The lowest BCUT2D eigenvalue weighted by molar-refractivity contribution is -0.138. The summed E-state index contributed by atoms with van der Waals surface area (Å²) in [6, 6.07) is -0.647. The number of nitrogens with one attached hydrogen (secondary N) is 1. The van der Waals surface area contributed by atoms with Gasteiger partial charge in [-0.25, -0.2) is 9.78 Å². The monoisotopic (exact) mass is 311 g/mol. The number of anilines is 1. The van der Waals surface area contributed by atoms with Crippen molar-refractivity contribution in [3.63, 3.8) is 0 Å². The van der Waals surface area contributed by atoms with Crippen molar-refractivity contribution in [2.24, 2.45) is 0 Å². The Balaban J connectivity index is 2.07. The maximum Gasteiger partial charge on any atom is 0.324 e. The van der Waals surface area contributed by atoms with Gasteiger partial charge in [-0.05, 0) is 13.3 Å². The summed E-state index contributed by atoms with van der Waals surface area (Å²) >= 11 is 1.15. The van der Waals surface area contributed by atoms with E-state index in [4.69, 9.17) is 0 Å². The fraction of sp³-hybridized carbons (Fsp3) is 0.692. The van der Waals surface area contributed by atoms with Gasteiger partial charge in [-0.2, -0.15) is 4.37 Å². The summed E-state index contributed by atoms with van der Waals surface area (Å²) in [6.07, 6.45) is 2.62. The molecule has 2 heterocycles. The van der Waals surface area contributed by atoms with E-state index in [1.165, 1.54) is 0 Å². The standard InChI is InChI=1S/C13H21N5O2S/c1-4-5-6-10-11(19)17(3)7-8-18(10)13(20)15-12-14-9(2)16-21-12/h10H,4-8H2,1-3H3,(H,14,15,16,20). The van der Waals surface area contributed by atoms with Crippen molar-refractivity contribution in [3.05, 3.63) is 5.82 Å². The molecule has 0 spiro atoms. The molecule has 8 heteroatoms. The van der Waals surface area contributed by atoms with Crippen molar-refractivity contribution in [2.75, 3.05) is 25.5 Å². The van der Waals surface area contributed by atoms with Gasteiger partial charge in [-0.3, -0.25) is 10.1 Å². The average Bonchev–Trinajstić information content (AvgIpc) is 2.85. The molecule has 1 saturated heterocycles.